The average molecular weight is 272 g/mol. The Kier molecular flexibility index (Phi) is 2.78. The van der Waals surface area contributed by atoms with Gasteiger partial charge in [0.05, 0.1) is 5.57 Å². The lowest BCUT2D eigenvalue weighted by Crippen LogP contribution is -1.92. The van der Waals surface area contributed by atoms with Crippen LogP contribution in [0.4, 0.5) is 5.13 Å². The predicted molar refractivity (Wildman–Crippen MR) is 70.4 cm³/mol. The minimum atomic E-state index is 0.223. The summed E-state index contributed by atoms with van der Waals surface area (Å²) >= 11 is 1.17. The van der Waals surface area contributed by atoms with Crippen molar-refractivity contribution in [1.29, 1.82) is 5.26 Å². The Balaban J connectivity index is 1.97. The topological polar surface area (TPSA) is 94.0 Å². The molecule has 0 radical (unpaired) electrons. The highest BCUT2D eigenvalue weighted by Gasteiger charge is 2.13. The Morgan fingerprint density at radius 3 is 2.95 bits per heavy atom. The maximum Gasteiger partial charge on any atom is 0.231 e. The first-order valence-corrected chi connectivity index (χ1v) is 6.19. The van der Waals surface area contributed by atoms with Gasteiger partial charge >= 0.3 is 0 Å². The van der Waals surface area contributed by atoms with E-state index in [-0.39, 0.29) is 6.79 Å². The zero-order chi connectivity index (χ0) is 13.2. The third-order valence-corrected chi connectivity index (χ3v) is 3.28. The molecule has 7 heteroatoms. The summed E-state index contributed by atoms with van der Waals surface area (Å²) in [6.07, 6.45) is 1.71. The van der Waals surface area contributed by atoms with Crippen molar-refractivity contribution < 1.29 is 9.47 Å². The van der Waals surface area contributed by atoms with E-state index in [2.05, 4.69) is 16.3 Å². The Morgan fingerprint density at radius 2 is 2.21 bits per heavy atom. The molecule has 0 atom stereocenters. The van der Waals surface area contributed by atoms with E-state index < -0.39 is 0 Å². The molecule has 1 aliphatic rings. The van der Waals surface area contributed by atoms with E-state index in [4.69, 9.17) is 20.5 Å². The van der Waals surface area contributed by atoms with Crippen LogP contribution in [0.25, 0.3) is 11.6 Å². The van der Waals surface area contributed by atoms with Gasteiger partial charge in [-0.05, 0) is 23.8 Å². The molecule has 0 bridgehead atoms. The summed E-state index contributed by atoms with van der Waals surface area (Å²) in [4.78, 5) is 0. The smallest absolute Gasteiger partial charge is 0.231 e. The zero-order valence-corrected chi connectivity index (χ0v) is 10.5. The fourth-order valence-corrected chi connectivity index (χ4v) is 2.23. The Labute approximate surface area is 112 Å². The van der Waals surface area contributed by atoms with E-state index in [0.29, 0.717) is 27.2 Å². The number of nitriles is 1. The zero-order valence-electron chi connectivity index (χ0n) is 9.66. The van der Waals surface area contributed by atoms with Crippen LogP contribution in [0.2, 0.25) is 0 Å². The van der Waals surface area contributed by atoms with Crippen LogP contribution in [0.1, 0.15) is 10.6 Å². The number of allylic oxidation sites excluding steroid dienone is 1. The molecule has 2 heterocycles. The van der Waals surface area contributed by atoms with Crippen LogP contribution in [-0.2, 0) is 0 Å². The molecule has 0 spiro atoms. The third-order valence-electron chi connectivity index (χ3n) is 2.50. The van der Waals surface area contributed by atoms with Crippen molar-refractivity contribution in [1.82, 2.24) is 10.2 Å². The predicted octanol–water partition coefficient (Wildman–Crippen LogP) is 1.91. The SMILES string of the molecule is N#C/C(=C/c1ccc2c(c1)OCO2)c1nnc(N)s1. The van der Waals surface area contributed by atoms with Crippen molar-refractivity contribution in [2.45, 2.75) is 0 Å². The number of hydrogen-bond donors (Lipinski definition) is 1. The average Bonchev–Trinajstić information content (AvgIpc) is 3.04. The summed E-state index contributed by atoms with van der Waals surface area (Å²) in [6, 6.07) is 7.54. The van der Waals surface area contributed by atoms with Crippen LogP contribution in [0.3, 0.4) is 0 Å². The summed E-state index contributed by atoms with van der Waals surface area (Å²) < 4.78 is 10.5. The molecule has 0 fully saturated rings. The number of fused-ring (bicyclic) bond motifs is 1. The van der Waals surface area contributed by atoms with Crippen molar-refractivity contribution in [3.63, 3.8) is 0 Å². The molecule has 6 nitrogen and oxygen atoms in total. The van der Waals surface area contributed by atoms with Gasteiger partial charge in [-0.15, -0.1) is 10.2 Å². The molecule has 3 rings (SSSR count). The first-order valence-electron chi connectivity index (χ1n) is 5.37. The lowest BCUT2D eigenvalue weighted by atomic mass is 10.1. The number of nitrogens with zero attached hydrogens (tertiary/aromatic N) is 3. The molecule has 2 aromatic rings. The van der Waals surface area contributed by atoms with Crippen molar-refractivity contribution in [2.75, 3.05) is 12.5 Å². The monoisotopic (exact) mass is 272 g/mol. The standard InChI is InChI=1S/C12H8N4O2S/c13-5-8(11-15-16-12(14)19-11)3-7-1-2-9-10(4-7)18-6-17-9/h1-4H,6H2,(H2,14,16)/b8-3-. The van der Waals surface area contributed by atoms with Gasteiger partial charge in [0.1, 0.15) is 6.07 Å². The largest absolute Gasteiger partial charge is 0.454 e. The summed E-state index contributed by atoms with van der Waals surface area (Å²) in [5.41, 5.74) is 6.75. The van der Waals surface area contributed by atoms with Gasteiger partial charge in [-0.2, -0.15) is 5.26 Å². The normalized spacial score (nSPS) is 13.3. The van der Waals surface area contributed by atoms with Crippen LogP contribution in [-0.4, -0.2) is 17.0 Å². The molecule has 1 aliphatic heterocycles. The minimum Gasteiger partial charge on any atom is -0.454 e. The maximum atomic E-state index is 9.17. The number of nitrogens with two attached hydrogens (primary N) is 1. The van der Waals surface area contributed by atoms with E-state index in [1.807, 2.05) is 12.1 Å². The minimum absolute atomic E-state index is 0.223. The van der Waals surface area contributed by atoms with Gasteiger partial charge in [-0.1, -0.05) is 17.4 Å². The summed E-state index contributed by atoms with van der Waals surface area (Å²) in [7, 11) is 0. The highest BCUT2D eigenvalue weighted by atomic mass is 32.1. The van der Waals surface area contributed by atoms with Crippen LogP contribution in [0.5, 0.6) is 11.5 Å². The van der Waals surface area contributed by atoms with Crippen molar-refractivity contribution in [3.8, 4) is 17.6 Å². The van der Waals surface area contributed by atoms with Gasteiger partial charge in [-0.25, -0.2) is 0 Å². The first kappa shape index (κ1) is 11.5. The fraction of sp³-hybridized carbons (Fsp3) is 0.0833. The lowest BCUT2D eigenvalue weighted by Gasteiger charge is -1.98. The van der Waals surface area contributed by atoms with E-state index in [0.717, 1.165) is 5.56 Å². The number of ether oxygens (including phenoxy) is 2. The van der Waals surface area contributed by atoms with Gasteiger partial charge in [0.15, 0.2) is 16.5 Å². The van der Waals surface area contributed by atoms with E-state index >= 15 is 0 Å². The second-order valence-corrected chi connectivity index (χ2v) is 4.74. The highest BCUT2D eigenvalue weighted by Crippen LogP contribution is 2.33. The molecule has 1 aromatic carbocycles. The number of nitrogen functional groups attached to an aromatic ring is 1. The van der Waals surface area contributed by atoms with Crippen LogP contribution in [0, 0.1) is 11.3 Å². The molecular weight excluding hydrogens is 264 g/mol. The maximum absolute atomic E-state index is 9.17. The fourth-order valence-electron chi connectivity index (χ4n) is 1.65. The Hall–Kier alpha value is -2.59. The van der Waals surface area contributed by atoms with Crippen molar-refractivity contribution in [3.05, 3.63) is 28.8 Å². The number of benzene rings is 1. The summed E-state index contributed by atoms with van der Waals surface area (Å²) in [6.45, 7) is 0.223. The van der Waals surface area contributed by atoms with Crippen molar-refractivity contribution in [2.24, 2.45) is 0 Å². The first-order chi connectivity index (χ1) is 9.26. The van der Waals surface area contributed by atoms with Gasteiger partial charge in [-0.3, -0.25) is 0 Å². The van der Waals surface area contributed by atoms with Gasteiger partial charge in [0.25, 0.3) is 0 Å². The molecule has 0 unspecified atom stereocenters. The van der Waals surface area contributed by atoms with Gasteiger partial charge in [0, 0.05) is 0 Å². The molecule has 19 heavy (non-hydrogen) atoms. The number of aromatic nitrogens is 2. The van der Waals surface area contributed by atoms with Gasteiger partial charge in [0.2, 0.25) is 11.9 Å². The third kappa shape index (κ3) is 2.21. The molecule has 0 amide bonds. The molecule has 0 saturated heterocycles. The van der Waals surface area contributed by atoms with Crippen LogP contribution in [0.15, 0.2) is 18.2 Å². The number of rotatable bonds is 2. The molecule has 1 aromatic heterocycles. The Morgan fingerprint density at radius 1 is 1.37 bits per heavy atom. The second kappa shape index (κ2) is 4.59. The van der Waals surface area contributed by atoms with Crippen LogP contribution >= 0.6 is 11.3 Å². The van der Waals surface area contributed by atoms with E-state index in [9.17, 15) is 0 Å². The summed E-state index contributed by atoms with van der Waals surface area (Å²) in [5, 5.41) is 17.5. The quantitative estimate of drug-likeness (QED) is 0.839. The van der Waals surface area contributed by atoms with E-state index in [1.165, 1.54) is 11.3 Å². The molecular formula is C12H8N4O2S. The Bertz CT molecular complexity index is 702. The van der Waals surface area contributed by atoms with Crippen LogP contribution < -0.4 is 15.2 Å². The number of anilines is 1. The summed E-state index contributed by atoms with van der Waals surface area (Å²) in [5.74, 6) is 1.37. The molecule has 0 aliphatic carbocycles. The second-order valence-electron chi connectivity index (χ2n) is 3.73. The molecule has 2 N–H and O–H groups in total. The number of hydrogen-bond acceptors (Lipinski definition) is 7. The van der Waals surface area contributed by atoms with Gasteiger partial charge < -0.3 is 15.2 Å². The molecule has 94 valence electrons. The lowest BCUT2D eigenvalue weighted by molar-refractivity contribution is 0.174. The molecule has 0 saturated carbocycles. The highest BCUT2D eigenvalue weighted by molar-refractivity contribution is 7.16. The van der Waals surface area contributed by atoms with E-state index in [1.54, 1.807) is 12.1 Å². The van der Waals surface area contributed by atoms with Crippen molar-refractivity contribution >= 4 is 28.1 Å².